The number of benzene rings is 1. The predicted molar refractivity (Wildman–Crippen MR) is 69.9 cm³/mol. The maximum Gasteiger partial charge on any atom is 0.159 e. The van der Waals surface area contributed by atoms with E-state index in [2.05, 4.69) is 19.2 Å². The highest BCUT2D eigenvalue weighted by Crippen LogP contribution is 1.97. The standard InChI is InChI=1S/C8H8O.C6H15N/c1-7(9)8-5-3-2-4-6-8;1-3-5-7-6-4-2/h2-6H,1H3;7H,3-6H2,1-2H3. The Balaban J connectivity index is 0.000000293. The molecule has 2 heteroatoms. The Morgan fingerprint density at radius 3 is 1.88 bits per heavy atom. The van der Waals surface area contributed by atoms with E-state index in [0.717, 1.165) is 5.56 Å². The average Bonchev–Trinajstić information content (AvgIpc) is 2.32. The van der Waals surface area contributed by atoms with E-state index in [1.165, 1.54) is 25.9 Å². The lowest BCUT2D eigenvalue weighted by atomic mass is 10.2. The molecule has 0 radical (unpaired) electrons. The van der Waals surface area contributed by atoms with Crippen LogP contribution in [0.1, 0.15) is 44.0 Å². The van der Waals surface area contributed by atoms with Gasteiger partial charge in [-0.3, -0.25) is 4.79 Å². The van der Waals surface area contributed by atoms with Crippen LogP contribution in [-0.4, -0.2) is 18.9 Å². The monoisotopic (exact) mass is 221 g/mol. The van der Waals surface area contributed by atoms with Crippen molar-refractivity contribution in [3.63, 3.8) is 0 Å². The smallest absolute Gasteiger partial charge is 0.159 e. The van der Waals surface area contributed by atoms with Crippen LogP contribution in [0.5, 0.6) is 0 Å². The number of carbonyl (C=O) groups is 1. The molecule has 1 N–H and O–H groups in total. The van der Waals surface area contributed by atoms with E-state index in [1.54, 1.807) is 6.92 Å². The fourth-order valence-electron chi connectivity index (χ4n) is 1.15. The summed E-state index contributed by atoms with van der Waals surface area (Å²) in [6.45, 7) is 8.28. The van der Waals surface area contributed by atoms with Crippen LogP contribution in [0.15, 0.2) is 30.3 Å². The second-order valence-electron chi connectivity index (χ2n) is 3.67. The van der Waals surface area contributed by atoms with E-state index in [1.807, 2.05) is 30.3 Å². The van der Waals surface area contributed by atoms with Gasteiger partial charge in [0, 0.05) is 5.56 Å². The molecule has 0 aliphatic rings. The van der Waals surface area contributed by atoms with Crippen molar-refractivity contribution in [2.24, 2.45) is 0 Å². The van der Waals surface area contributed by atoms with Crippen LogP contribution in [0, 0.1) is 0 Å². The summed E-state index contributed by atoms with van der Waals surface area (Å²) in [5.41, 5.74) is 0.775. The molecule has 1 aromatic rings. The van der Waals surface area contributed by atoms with Crippen molar-refractivity contribution in [3.8, 4) is 0 Å². The molecule has 0 saturated heterocycles. The van der Waals surface area contributed by atoms with Gasteiger partial charge in [0.05, 0.1) is 0 Å². The predicted octanol–water partition coefficient (Wildman–Crippen LogP) is 3.29. The van der Waals surface area contributed by atoms with Gasteiger partial charge >= 0.3 is 0 Å². The average molecular weight is 221 g/mol. The Morgan fingerprint density at radius 2 is 1.56 bits per heavy atom. The summed E-state index contributed by atoms with van der Waals surface area (Å²) < 4.78 is 0. The van der Waals surface area contributed by atoms with Gasteiger partial charge in [-0.25, -0.2) is 0 Å². The topological polar surface area (TPSA) is 29.1 Å². The molecule has 2 nitrogen and oxygen atoms in total. The normalized spacial score (nSPS) is 9.19. The Labute approximate surface area is 99.1 Å². The van der Waals surface area contributed by atoms with Gasteiger partial charge in [0.2, 0.25) is 0 Å². The van der Waals surface area contributed by atoms with Crippen LogP contribution >= 0.6 is 0 Å². The summed E-state index contributed by atoms with van der Waals surface area (Å²) in [5, 5.41) is 3.28. The van der Waals surface area contributed by atoms with E-state index >= 15 is 0 Å². The van der Waals surface area contributed by atoms with Gasteiger partial charge in [-0.05, 0) is 32.9 Å². The molecule has 0 bridgehead atoms. The molecule has 0 aromatic heterocycles. The summed E-state index contributed by atoms with van der Waals surface area (Å²) in [6, 6.07) is 9.23. The molecule has 0 aliphatic heterocycles. The lowest BCUT2D eigenvalue weighted by molar-refractivity contribution is 0.101. The van der Waals surface area contributed by atoms with Gasteiger partial charge < -0.3 is 5.32 Å². The van der Waals surface area contributed by atoms with E-state index < -0.39 is 0 Å². The minimum atomic E-state index is 0.121. The van der Waals surface area contributed by atoms with Crippen LogP contribution < -0.4 is 5.32 Å². The SMILES string of the molecule is CC(=O)c1ccccc1.CCCNCCC. The van der Waals surface area contributed by atoms with Crippen molar-refractivity contribution in [2.45, 2.75) is 33.6 Å². The number of Topliss-reactive ketones (excluding diaryl/α,β-unsaturated/α-hetero) is 1. The Hall–Kier alpha value is -1.15. The van der Waals surface area contributed by atoms with E-state index in [4.69, 9.17) is 0 Å². The summed E-state index contributed by atoms with van der Waals surface area (Å²) in [6.07, 6.45) is 2.50. The van der Waals surface area contributed by atoms with Gasteiger partial charge in [0.25, 0.3) is 0 Å². The van der Waals surface area contributed by atoms with Crippen LogP contribution in [0.4, 0.5) is 0 Å². The summed E-state index contributed by atoms with van der Waals surface area (Å²) in [4.78, 5) is 10.6. The molecule has 16 heavy (non-hydrogen) atoms. The van der Waals surface area contributed by atoms with E-state index in [0.29, 0.717) is 0 Å². The highest BCUT2D eigenvalue weighted by Gasteiger charge is 1.92. The Morgan fingerprint density at radius 1 is 1.06 bits per heavy atom. The molecule has 0 fully saturated rings. The zero-order valence-electron chi connectivity index (χ0n) is 10.6. The lowest BCUT2D eigenvalue weighted by Gasteiger charge is -1.95. The minimum Gasteiger partial charge on any atom is -0.317 e. The third-order valence-electron chi connectivity index (χ3n) is 2.03. The van der Waals surface area contributed by atoms with Crippen molar-refractivity contribution in [2.75, 3.05) is 13.1 Å². The van der Waals surface area contributed by atoms with Crippen LogP contribution in [-0.2, 0) is 0 Å². The van der Waals surface area contributed by atoms with Crippen molar-refractivity contribution >= 4 is 5.78 Å². The molecule has 0 aliphatic carbocycles. The molecule has 0 amide bonds. The van der Waals surface area contributed by atoms with Gasteiger partial charge in [-0.1, -0.05) is 44.2 Å². The second-order valence-corrected chi connectivity index (χ2v) is 3.67. The largest absolute Gasteiger partial charge is 0.317 e. The van der Waals surface area contributed by atoms with Crippen LogP contribution in [0.3, 0.4) is 0 Å². The summed E-state index contributed by atoms with van der Waals surface area (Å²) in [5.74, 6) is 0.121. The molecular weight excluding hydrogens is 198 g/mol. The molecule has 90 valence electrons. The Kier molecular flexibility index (Phi) is 9.63. The molecule has 0 atom stereocenters. The van der Waals surface area contributed by atoms with Crippen molar-refractivity contribution in [3.05, 3.63) is 35.9 Å². The van der Waals surface area contributed by atoms with E-state index in [9.17, 15) is 4.79 Å². The highest BCUT2D eigenvalue weighted by atomic mass is 16.1. The number of hydrogen-bond donors (Lipinski definition) is 1. The molecule has 0 heterocycles. The lowest BCUT2D eigenvalue weighted by Crippen LogP contribution is -2.14. The number of ketones is 1. The molecule has 0 unspecified atom stereocenters. The van der Waals surface area contributed by atoms with Crippen molar-refractivity contribution in [1.29, 1.82) is 0 Å². The first-order valence-corrected chi connectivity index (χ1v) is 5.99. The summed E-state index contributed by atoms with van der Waals surface area (Å²) >= 11 is 0. The zero-order chi connectivity index (χ0) is 12.2. The number of rotatable bonds is 5. The van der Waals surface area contributed by atoms with E-state index in [-0.39, 0.29) is 5.78 Å². The van der Waals surface area contributed by atoms with Crippen LogP contribution in [0.25, 0.3) is 0 Å². The molecule has 1 aromatic carbocycles. The van der Waals surface area contributed by atoms with Gasteiger partial charge in [0.1, 0.15) is 0 Å². The van der Waals surface area contributed by atoms with Gasteiger partial charge in [0.15, 0.2) is 5.78 Å². The molecule has 0 spiro atoms. The second kappa shape index (κ2) is 10.4. The van der Waals surface area contributed by atoms with Crippen molar-refractivity contribution < 1.29 is 4.79 Å². The molecular formula is C14H23NO. The van der Waals surface area contributed by atoms with Crippen LogP contribution in [0.2, 0.25) is 0 Å². The highest BCUT2D eigenvalue weighted by molar-refractivity contribution is 5.93. The number of hydrogen-bond acceptors (Lipinski definition) is 2. The first-order valence-electron chi connectivity index (χ1n) is 5.99. The first-order chi connectivity index (χ1) is 7.72. The maximum absolute atomic E-state index is 10.6. The summed E-state index contributed by atoms with van der Waals surface area (Å²) in [7, 11) is 0. The zero-order valence-corrected chi connectivity index (χ0v) is 10.6. The fourth-order valence-corrected chi connectivity index (χ4v) is 1.15. The fraction of sp³-hybridized carbons (Fsp3) is 0.500. The quantitative estimate of drug-likeness (QED) is 0.610. The maximum atomic E-state index is 10.6. The number of carbonyl (C=O) groups excluding carboxylic acids is 1. The first kappa shape index (κ1) is 14.8. The molecule has 0 saturated carbocycles. The third-order valence-corrected chi connectivity index (χ3v) is 2.03. The third kappa shape index (κ3) is 8.18. The number of nitrogens with one attached hydrogen (secondary N) is 1. The minimum absolute atomic E-state index is 0.121. The molecule has 1 rings (SSSR count). The van der Waals surface area contributed by atoms with Crippen molar-refractivity contribution in [1.82, 2.24) is 5.32 Å². The van der Waals surface area contributed by atoms with Gasteiger partial charge in [-0.2, -0.15) is 0 Å². The Bertz CT molecular complexity index is 265. The van der Waals surface area contributed by atoms with Gasteiger partial charge in [-0.15, -0.1) is 0 Å².